The van der Waals surface area contributed by atoms with Gasteiger partial charge in [-0.1, -0.05) is 23.7 Å². The summed E-state index contributed by atoms with van der Waals surface area (Å²) in [5.74, 6) is 1.36. The number of para-hydroxylation sites is 1. The summed E-state index contributed by atoms with van der Waals surface area (Å²) in [7, 11) is 3.22. The number of hydrogen-bond donors (Lipinski definition) is 1. The lowest BCUT2D eigenvalue weighted by Crippen LogP contribution is -2.01. The molecule has 0 unspecified atom stereocenters. The summed E-state index contributed by atoms with van der Waals surface area (Å²) in [5, 5.41) is 4.97. The highest BCUT2D eigenvalue weighted by molar-refractivity contribution is 6.33. The van der Waals surface area contributed by atoms with Gasteiger partial charge < -0.3 is 9.47 Å². The largest absolute Gasteiger partial charge is 0.493 e. The molecule has 5 heteroatoms. The topological polar surface area (TPSA) is 42.8 Å². The van der Waals surface area contributed by atoms with E-state index in [0.717, 1.165) is 17.0 Å². The summed E-state index contributed by atoms with van der Waals surface area (Å²) in [6.45, 7) is 1.91. The lowest BCUT2D eigenvalue weighted by atomic mass is 10.1. The molecule has 0 amide bonds. The summed E-state index contributed by atoms with van der Waals surface area (Å²) in [4.78, 5) is 0. The molecule has 110 valence electrons. The van der Waals surface area contributed by atoms with Crippen molar-refractivity contribution in [1.29, 1.82) is 0 Å². The fraction of sp³-hybridized carbons (Fsp3) is 0.188. The van der Waals surface area contributed by atoms with E-state index < -0.39 is 0 Å². The smallest absolute Gasteiger partial charge is 0.161 e. The van der Waals surface area contributed by atoms with Gasteiger partial charge in [-0.3, -0.25) is 5.43 Å². The second kappa shape index (κ2) is 6.99. The van der Waals surface area contributed by atoms with Crippen LogP contribution in [0.5, 0.6) is 11.5 Å². The molecule has 1 N–H and O–H groups in total. The van der Waals surface area contributed by atoms with Crippen molar-refractivity contribution in [3.63, 3.8) is 0 Å². The normalized spacial score (nSPS) is 11.1. The van der Waals surface area contributed by atoms with E-state index in [-0.39, 0.29) is 0 Å². The molecule has 0 fully saturated rings. The molecule has 2 aromatic carbocycles. The summed E-state index contributed by atoms with van der Waals surface area (Å²) in [5.41, 5.74) is 5.48. The Labute approximate surface area is 129 Å². The minimum atomic E-state index is 0.626. The minimum absolute atomic E-state index is 0.626. The van der Waals surface area contributed by atoms with Gasteiger partial charge in [0.1, 0.15) is 0 Å². The van der Waals surface area contributed by atoms with Gasteiger partial charge in [0.25, 0.3) is 0 Å². The van der Waals surface area contributed by atoms with Crippen LogP contribution in [0, 0.1) is 0 Å². The quantitative estimate of drug-likeness (QED) is 0.665. The van der Waals surface area contributed by atoms with Crippen LogP contribution in [0.25, 0.3) is 0 Å². The Bertz CT molecular complexity index is 656. The van der Waals surface area contributed by atoms with E-state index in [2.05, 4.69) is 10.5 Å². The first-order chi connectivity index (χ1) is 10.2. The van der Waals surface area contributed by atoms with Gasteiger partial charge >= 0.3 is 0 Å². The van der Waals surface area contributed by atoms with Gasteiger partial charge in [0.15, 0.2) is 11.5 Å². The molecule has 21 heavy (non-hydrogen) atoms. The Morgan fingerprint density at radius 2 is 1.76 bits per heavy atom. The molecule has 0 aliphatic rings. The Balaban J connectivity index is 2.21. The fourth-order valence-corrected chi connectivity index (χ4v) is 2.00. The van der Waals surface area contributed by atoms with Crippen LogP contribution in [0.2, 0.25) is 5.02 Å². The standard InChI is InChI=1S/C16H17ClN2O2/c1-11(18-19-14-7-5-4-6-13(14)17)12-8-9-15(20-2)16(10-12)21-3/h4-10,19H,1-3H3/b18-11-. The number of anilines is 1. The average molecular weight is 305 g/mol. The SMILES string of the molecule is COc1ccc(/C(C)=N\Nc2ccccc2Cl)cc1OC. The fourth-order valence-electron chi connectivity index (χ4n) is 1.82. The molecule has 2 rings (SSSR count). The van der Waals surface area contributed by atoms with Crippen molar-refractivity contribution < 1.29 is 9.47 Å². The van der Waals surface area contributed by atoms with Gasteiger partial charge in [0, 0.05) is 5.56 Å². The second-order valence-corrected chi connectivity index (χ2v) is 4.77. The predicted molar refractivity (Wildman–Crippen MR) is 86.8 cm³/mol. The molecular weight excluding hydrogens is 288 g/mol. The third-order valence-electron chi connectivity index (χ3n) is 3.02. The van der Waals surface area contributed by atoms with Gasteiger partial charge in [0.2, 0.25) is 0 Å². The molecular formula is C16H17ClN2O2. The Morgan fingerprint density at radius 1 is 1.05 bits per heavy atom. The van der Waals surface area contributed by atoms with Crippen molar-refractivity contribution in [2.75, 3.05) is 19.6 Å². The number of hydrazone groups is 1. The van der Waals surface area contributed by atoms with Crippen LogP contribution in [-0.2, 0) is 0 Å². The van der Waals surface area contributed by atoms with Crippen molar-refractivity contribution in [3.8, 4) is 11.5 Å². The third kappa shape index (κ3) is 3.67. The monoisotopic (exact) mass is 304 g/mol. The number of ether oxygens (including phenoxy) is 2. The highest BCUT2D eigenvalue weighted by atomic mass is 35.5. The van der Waals surface area contributed by atoms with Crippen molar-refractivity contribution in [2.24, 2.45) is 5.10 Å². The van der Waals surface area contributed by atoms with Crippen molar-refractivity contribution in [2.45, 2.75) is 6.92 Å². The molecule has 0 saturated carbocycles. The molecule has 0 aromatic heterocycles. The maximum Gasteiger partial charge on any atom is 0.161 e. The molecule has 0 spiro atoms. The maximum atomic E-state index is 6.07. The molecule has 2 aromatic rings. The molecule has 0 radical (unpaired) electrons. The lowest BCUT2D eigenvalue weighted by Gasteiger charge is -2.10. The summed E-state index contributed by atoms with van der Waals surface area (Å²) < 4.78 is 10.5. The molecule has 0 aliphatic heterocycles. The number of hydrogen-bond acceptors (Lipinski definition) is 4. The van der Waals surface area contributed by atoms with Gasteiger partial charge in [-0.05, 0) is 37.3 Å². The van der Waals surface area contributed by atoms with E-state index in [0.29, 0.717) is 16.5 Å². The molecule has 0 bridgehead atoms. The average Bonchev–Trinajstić information content (AvgIpc) is 2.53. The number of rotatable bonds is 5. The van der Waals surface area contributed by atoms with Gasteiger partial charge in [-0.15, -0.1) is 0 Å². The van der Waals surface area contributed by atoms with E-state index in [9.17, 15) is 0 Å². The summed E-state index contributed by atoms with van der Waals surface area (Å²) in [6.07, 6.45) is 0. The van der Waals surface area contributed by atoms with Crippen LogP contribution in [0.15, 0.2) is 47.6 Å². The van der Waals surface area contributed by atoms with Crippen LogP contribution >= 0.6 is 11.6 Å². The van der Waals surface area contributed by atoms with E-state index in [1.165, 1.54) is 0 Å². The van der Waals surface area contributed by atoms with Gasteiger partial charge in [0.05, 0.1) is 30.6 Å². The Hall–Kier alpha value is -2.20. The van der Waals surface area contributed by atoms with Crippen LogP contribution in [-0.4, -0.2) is 19.9 Å². The number of nitrogens with one attached hydrogen (secondary N) is 1. The van der Waals surface area contributed by atoms with E-state index in [1.807, 2.05) is 49.4 Å². The molecule has 0 heterocycles. The van der Waals surface area contributed by atoms with Crippen LogP contribution in [0.4, 0.5) is 5.69 Å². The third-order valence-corrected chi connectivity index (χ3v) is 3.35. The number of methoxy groups -OCH3 is 2. The molecule has 4 nitrogen and oxygen atoms in total. The zero-order chi connectivity index (χ0) is 15.2. The van der Waals surface area contributed by atoms with Crippen LogP contribution in [0.1, 0.15) is 12.5 Å². The van der Waals surface area contributed by atoms with Crippen molar-refractivity contribution in [3.05, 3.63) is 53.1 Å². The second-order valence-electron chi connectivity index (χ2n) is 4.36. The van der Waals surface area contributed by atoms with E-state index in [4.69, 9.17) is 21.1 Å². The first-order valence-electron chi connectivity index (χ1n) is 6.43. The number of halogens is 1. The number of benzene rings is 2. The summed E-state index contributed by atoms with van der Waals surface area (Å²) >= 11 is 6.07. The Morgan fingerprint density at radius 3 is 2.43 bits per heavy atom. The highest BCUT2D eigenvalue weighted by Crippen LogP contribution is 2.28. The Kier molecular flexibility index (Phi) is 5.06. The molecule has 0 saturated heterocycles. The van der Waals surface area contributed by atoms with Crippen LogP contribution in [0.3, 0.4) is 0 Å². The zero-order valence-corrected chi connectivity index (χ0v) is 12.9. The first-order valence-corrected chi connectivity index (χ1v) is 6.80. The van der Waals surface area contributed by atoms with Crippen molar-refractivity contribution in [1.82, 2.24) is 0 Å². The van der Waals surface area contributed by atoms with E-state index in [1.54, 1.807) is 14.2 Å². The first kappa shape index (κ1) is 15.2. The molecule has 0 aliphatic carbocycles. The lowest BCUT2D eigenvalue weighted by molar-refractivity contribution is 0.355. The zero-order valence-electron chi connectivity index (χ0n) is 12.2. The van der Waals surface area contributed by atoms with Gasteiger partial charge in [-0.2, -0.15) is 5.10 Å². The van der Waals surface area contributed by atoms with Crippen LogP contribution < -0.4 is 14.9 Å². The molecule has 0 atom stereocenters. The predicted octanol–water partition coefficient (Wildman–Crippen LogP) is 4.19. The maximum absolute atomic E-state index is 6.07. The van der Waals surface area contributed by atoms with Gasteiger partial charge in [-0.25, -0.2) is 0 Å². The minimum Gasteiger partial charge on any atom is -0.493 e. The van der Waals surface area contributed by atoms with Crippen molar-refractivity contribution >= 4 is 23.0 Å². The van der Waals surface area contributed by atoms with E-state index >= 15 is 0 Å². The summed E-state index contributed by atoms with van der Waals surface area (Å²) in [6, 6.07) is 13.1. The highest BCUT2D eigenvalue weighted by Gasteiger charge is 2.06. The number of nitrogens with zero attached hydrogens (tertiary/aromatic N) is 1.